The number of aliphatic hydroxyl groups is 1. The third kappa shape index (κ3) is 12.0. The molecule has 2 aliphatic carbocycles. The highest BCUT2D eigenvalue weighted by molar-refractivity contribution is 7.90. The number of anilines is 6. The number of rotatable bonds is 16. The number of hydrogen-bond donors (Lipinski definition) is 4. The number of amides is 1. The number of carbonyl (C=O) groups excluding carboxylic acids is 1. The number of methoxy groups -OCH3 is 1. The monoisotopic (exact) mass is 1210 g/mol. The van der Waals surface area contributed by atoms with Crippen LogP contribution in [0, 0.1) is 27.4 Å². The molecular weight excluding hydrogens is 1130 g/mol. The number of carbonyl (C=O) groups is 1. The summed E-state index contributed by atoms with van der Waals surface area (Å²) in [6, 6.07) is 24.3. The maximum atomic E-state index is 14.9. The summed E-state index contributed by atoms with van der Waals surface area (Å²) < 4.78 is 55.1. The van der Waals surface area contributed by atoms with Crippen LogP contribution in [0.1, 0.15) is 106 Å². The molecule has 6 fully saturated rings. The molecule has 0 bridgehead atoms. The first-order valence-electron chi connectivity index (χ1n) is 31.2. The highest BCUT2D eigenvalue weighted by Gasteiger charge is 2.51. The number of nitrogens with zero attached hydrogens (tertiary/aromatic N) is 8. The lowest BCUT2D eigenvalue weighted by atomic mass is 9.55. The van der Waals surface area contributed by atoms with Crippen LogP contribution in [-0.4, -0.2) is 154 Å². The number of para-hydroxylation sites is 1. The maximum absolute atomic E-state index is 14.9. The standard InChI is InChI=1S/C65H81N11O10S/c1-42(2)49-7-5-6-8-52(49)74-25-24-71(39-44-31-58(83-4)61(68-38-44)73-26-29-84-30-27-73)40-57(74)46-35-65(36-46)19-22-72(23-20-65)47-9-11-50(54(33-47)75-53-16-28-85-41-59(53)86-63-56(75)32-45-15-21-66-60(45)69-63)62(77)70-87(81,82)48-10-12-51(55(34-48)76(79)80)67-37-43-13-17-64(3,78)18-14-43/h5-12,15,21,31-34,38,42-43,46,53,57,59,67,78H,13-14,16-20,22-30,35-37,39-41H2,1-4H3,(H,66,69)(H,70,77)/t43?,53-,57+,59-,64?/m0/s1. The molecule has 2 saturated carbocycles. The number of H-pyrrole nitrogens is 1. The maximum Gasteiger partial charge on any atom is 0.293 e. The molecule has 6 aromatic rings. The van der Waals surface area contributed by atoms with Gasteiger partial charge in [-0.3, -0.25) is 19.8 Å². The fourth-order valence-electron chi connectivity index (χ4n) is 14.9. The summed E-state index contributed by atoms with van der Waals surface area (Å²) in [6.07, 6.45) is 11.0. The fourth-order valence-corrected chi connectivity index (χ4v) is 15.9. The Morgan fingerprint density at radius 1 is 0.885 bits per heavy atom. The third-order valence-electron chi connectivity index (χ3n) is 19.9. The lowest BCUT2D eigenvalue weighted by molar-refractivity contribution is -0.384. The van der Waals surface area contributed by atoms with Gasteiger partial charge in [0, 0.05) is 107 Å². The number of nitro benzene ring substituents is 1. The molecule has 1 spiro atoms. The van der Waals surface area contributed by atoms with Crippen molar-refractivity contribution in [2.24, 2.45) is 17.3 Å². The normalized spacial score (nSPS) is 24.3. The quantitative estimate of drug-likeness (QED) is 0.0522. The van der Waals surface area contributed by atoms with Crippen molar-refractivity contribution >= 4 is 66.9 Å². The van der Waals surface area contributed by atoms with E-state index in [4.69, 9.17) is 28.9 Å². The molecule has 1 amide bonds. The van der Waals surface area contributed by atoms with E-state index in [1.165, 1.54) is 23.4 Å². The molecule has 0 unspecified atom stereocenters. The molecule has 7 aliphatic rings. The number of aromatic nitrogens is 3. The predicted molar refractivity (Wildman–Crippen MR) is 335 cm³/mol. The minimum absolute atomic E-state index is 0.106. The predicted octanol–water partition coefficient (Wildman–Crippen LogP) is 9.38. The van der Waals surface area contributed by atoms with E-state index in [0.717, 1.165) is 125 Å². The van der Waals surface area contributed by atoms with Crippen molar-refractivity contribution in [1.82, 2.24) is 24.6 Å². The number of benzene rings is 3. The molecule has 8 heterocycles. The van der Waals surface area contributed by atoms with Crippen LogP contribution in [0.25, 0.3) is 11.0 Å². The molecule has 3 aromatic carbocycles. The zero-order valence-electron chi connectivity index (χ0n) is 50.3. The number of fused-ring (bicyclic) bond motifs is 3. The molecule has 0 radical (unpaired) electrons. The van der Waals surface area contributed by atoms with Crippen molar-refractivity contribution in [3.8, 4) is 11.6 Å². The average molecular weight is 1210 g/mol. The molecule has 3 aromatic heterocycles. The summed E-state index contributed by atoms with van der Waals surface area (Å²) in [5.74, 6) is 2.22. The number of aromatic amines is 1. The van der Waals surface area contributed by atoms with Gasteiger partial charge in [0.2, 0.25) is 5.88 Å². The van der Waals surface area contributed by atoms with E-state index in [1.54, 1.807) is 13.2 Å². The number of nitro groups is 1. The topological polar surface area (TPSA) is 233 Å². The van der Waals surface area contributed by atoms with Gasteiger partial charge in [-0.1, -0.05) is 32.0 Å². The number of piperidine rings is 1. The van der Waals surface area contributed by atoms with Crippen molar-refractivity contribution in [3.63, 3.8) is 0 Å². The van der Waals surface area contributed by atoms with E-state index in [0.29, 0.717) is 93.0 Å². The Morgan fingerprint density at radius 3 is 2.45 bits per heavy atom. The fraction of sp³-hybridized carbons (Fsp3) is 0.523. The summed E-state index contributed by atoms with van der Waals surface area (Å²) in [6.45, 7) is 15.7. The third-order valence-corrected chi connectivity index (χ3v) is 21.2. The van der Waals surface area contributed by atoms with Gasteiger partial charge in [-0.05, 0) is 154 Å². The molecule has 87 heavy (non-hydrogen) atoms. The molecule has 4 N–H and O–H groups in total. The Kier molecular flexibility index (Phi) is 16.2. The van der Waals surface area contributed by atoms with Gasteiger partial charge in [0.1, 0.15) is 23.1 Å². The Balaban J connectivity index is 0.756. The van der Waals surface area contributed by atoms with Gasteiger partial charge in [0.15, 0.2) is 11.6 Å². The second-order valence-electron chi connectivity index (χ2n) is 25.9. The van der Waals surface area contributed by atoms with E-state index in [9.17, 15) is 28.4 Å². The lowest BCUT2D eigenvalue weighted by Crippen LogP contribution is -2.61. The first kappa shape index (κ1) is 58.8. The van der Waals surface area contributed by atoms with Crippen LogP contribution in [0.5, 0.6) is 11.6 Å². The van der Waals surface area contributed by atoms with Gasteiger partial charge in [-0.15, -0.1) is 0 Å². The van der Waals surface area contributed by atoms with Crippen LogP contribution in [0.2, 0.25) is 0 Å². The SMILES string of the molecule is COc1cc(CN2CCN(c3ccccc3C(C)C)[C@@H](C3CC4(CCN(c5ccc(C(=O)NS(=O)(=O)c6ccc(NCC7CCC(C)(O)CC7)c([N+](=O)[O-])c6)c(N6c7cc8cc[nH]c8nc7O[C@H]7COCC[C@@H]76)c5)CC4)C3)C2)cnc1N1CCOCC1. The molecule has 462 valence electrons. The van der Waals surface area contributed by atoms with E-state index in [2.05, 4.69) is 83.7 Å². The Hall–Kier alpha value is -7.24. The number of piperazine rings is 1. The van der Waals surface area contributed by atoms with Gasteiger partial charge in [0.25, 0.3) is 21.6 Å². The van der Waals surface area contributed by atoms with Crippen molar-refractivity contribution in [2.45, 2.75) is 120 Å². The lowest BCUT2D eigenvalue weighted by Gasteiger charge is -2.58. The molecule has 13 rings (SSSR count). The van der Waals surface area contributed by atoms with Gasteiger partial charge in [-0.2, -0.15) is 4.98 Å². The van der Waals surface area contributed by atoms with Gasteiger partial charge >= 0.3 is 0 Å². The van der Waals surface area contributed by atoms with Crippen LogP contribution in [0.4, 0.5) is 39.9 Å². The highest BCUT2D eigenvalue weighted by Crippen LogP contribution is 2.56. The second kappa shape index (κ2) is 24.0. The molecular formula is C65H81N11O10S. The Morgan fingerprint density at radius 2 is 1.68 bits per heavy atom. The first-order chi connectivity index (χ1) is 42.0. The van der Waals surface area contributed by atoms with E-state index >= 15 is 0 Å². The van der Waals surface area contributed by atoms with Crippen LogP contribution >= 0.6 is 0 Å². The second-order valence-corrected chi connectivity index (χ2v) is 27.6. The van der Waals surface area contributed by atoms with Crippen LogP contribution < -0.4 is 39.1 Å². The first-order valence-corrected chi connectivity index (χ1v) is 32.7. The summed E-state index contributed by atoms with van der Waals surface area (Å²) >= 11 is 0. The molecule has 4 saturated heterocycles. The van der Waals surface area contributed by atoms with Crippen molar-refractivity contribution < 1.29 is 42.2 Å². The largest absolute Gasteiger partial charge is 0.493 e. The number of ether oxygens (including phenoxy) is 4. The van der Waals surface area contributed by atoms with Crippen molar-refractivity contribution in [1.29, 1.82) is 0 Å². The van der Waals surface area contributed by atoms with E-state index in [-0.39, 0.29) is 28.6 Å². The summed E-state index contributed by atoms with van der Waals surface area (Å²) in [5.41, 5.74) is 5.85. The molecule has 5 aliphatic heterocycles. The number of nitrogens with one attached hydrogen (secondary N) is 3. The van der Waals surface area contributed by atoms with Crippen LogP contribution in [-0.2, 0) is 26.0 Å². The number of pyridine rings is 2. The van der Waals surface area contributed by atoms with Gasteiger partial charge in [-0.25, -0.2) is 18.1 Å². The zero-order chi connectivity index (χ0) is 60.2. The van der Waals surface area contributed by atoms with E-state index in [1.807, 2.05) is 43.6 Å². The van der Waals surface area contributed by atoms with Gasteiger partial charge in [0.05, 0.1) is 59.6 Å². The number of sulfonamides is 1. The van der Waals surface area contributed by atoms with Gasteiger partial charge < -0.3 is 54.0 Å². The van der Waals surface area contributed by atoms with Crippen molar-refractivity contribution in [2.75, 3.05) is 111 Å². The summed E-state index contributed by atoms with van der Waals surface area (Å²) in [7, 11) is -2.92. The average Bonchev–Trinajstić information content (AvgIpc) is 1.43. The highest BCUT2D eigenvalue weighted by atomic mass is 32.2. The Bertz CT molecular complexity index is 3620. The smallest absolute Gasteiger partial charge is 0.293 e. The zero-order valence-corrected chi connectivity index (χ0v) is 51.1. The number of morpholine rings is 1. The Labute approximate surface area is 508 Å². The van der Waals surface area contributed by atoms with Crippen LogP contribution in [0.3, 0.4) is 0 Å². The van der Waals surface area contributed by atoms with Crippen molar-refractivity contribution in [3.05, 3.63) is 118 Å². The number of hydrogen-bond acceptors (Lipinski definition) is 18. The van der Waals surface area contributed by atoms with Crippen LogP contribution in [0.15, 0.2) is 96.2 Å². The summed E-state index contributed by atoms with van der Waals surface area (Å²) in [4.78, 5) is 51.4. The molecule has 3 atom stereocenters. The molecule has 21 nitrogen and oxygen atoms in total. The van der Waals surface area contributed by atoms with E-state index < -0.39 is 43.1 Å². The minimum Gasteiger partial charge on any atom is -0.493 e. The molecule has 22 heteroatoms. The summed E-state index contributed by atoms with van der Waals surface area (Å²) in [5, 5.41) is 26.9. The minimum atomic E-state index is -4.65.